The SMILES string of the molecule is C=C(CCC(C)CCCC)N1C(=S)CCC1C.CC. The maximum Gasteiger partial charge on any atom is 0.0824 e. The number of hydrogen-bond donors (Lipinski definition) is 0. The van der Waals surface area contributed by atoms with Crippen molar-refractivity contribution in [1.29, 1.82) is 0 Å². The standard InChI is InChI=1S/C15H27NS.C2H6/c1-5-6-7-12(2)8-9-13(3)16-14(4)10-11-15(16)17;1-2/h12,14H,3,5-11H2,1-2,4H3;1-2H3. The summed E-state index contributed by atoms with van der Waals surface area (Å²) >= 11 is 5.41. The molecule has 1 fully saturated rings. The number of thiocarbonyl (C=S) groups is 1. The molecule has 1 rings (SSSR count). The summed E-state index contributed by atoms with van der Waals surface area (Å²) in [6.45, 7) is 15.1. The zero-order chi connectivity index (χ0) is 14.8. The van der Waals surface area contributed by atoms with Gasteiger partial charge in [0.1, 0.15) is 0 Å². The minimum absolute atomic E-state index is 0.570. The molecule has 19 heavy (non-hydrogen) atoms. The van der Waals surface area contributed by atoms with Crippen LogP contribution >= 0.6 is 12.2 Å². The van der Waals surface area contributed by atoms with Crippen LogP contribution < -0.4 is 0 Å². The first kappa shape index (κ1) is 18.6. The van der Waals surface area contributed by atoms with Gasteiger partial charge in [-0.3, -0.25) is 0 Å². The van der Waals surface area contributed by atoms with E-state index in [9.17, 15) is 0 Å². The molecule has 112 valence electrons. The smallest absolute Gasteiger partial charge is 0.0824 e. The van der Waals surface area contributed by atoms with Crippen LogP contribution in [0.3, 0.4) is 0 Å². The molecule has 1 aliphatic rings. The maximum atomic E-state index is 5.41. The highest BCUT2D eigenvalue weighted by Gasteiger charge is 2.26. The normalized spacial score (nSPS) is 19.9. The summed E-state index contributed by atoms with van der Waals surface area (Å²) < 4.78 is 0. The Balaban J connectivity index is 0.00000154. The van der Waals surface area contributed by atoms with E-state index in [1.807, 2.05) is 13.8 Å². The van der Waals surface area contributed by atoms with Gasteiger partial charge in [0.2, 0.25) is 0 Å². The van der Waals surface area contributed by atoms with Gasteiger partial charge < -0.3 is 4.90 Å². The van der Waals surface area contributed by atoms with Gasteiger partial charge in [-0.2, -0.15) is 0 Å². The largest absolute Gasteiger partial charge is 0.338 e. The molecule has 0 amide bonds. The third-order valence-corrected chi connectivity index (χ3v) is 4.20. The molecular weight excluding hydrogens is 250 g/mol. The van der Waals surface area contributed by atoms with E-state index in [1.165, 1.54) is 37.8 Å². The average Bonchev–Trinajstić information content (AvgIpc) is 2.75. The number of rotatable bonds is 7. The van der Waals surface area contributed by atoms with E-state index in [0.717, 1.165) is 23.7 Å². The molecule has 1 aliphatic heterocycles. The summed E-state index contributed by atoms with van der Waals surface area (Å²) in [6, 6.07) is 0.570. The predicted octanol–water partition coefficient (Wildman–Crippen LogP) is 5.94. The lowest BCUT2D eigenvalue weighted by Crippen LogP contribution is -2.28. The molecule has 0 aromatic rings. The van der Waals surface area contributed by atoms with Crippen molar-refractivity contribution in [3.8, 4) is 0 Å². The second kappa shape index (κ2) is 10.4. The van der Waals surface area contributed by atoms with Crippen LogP contribution in [-0.2, 0) is 0 Å². The van der Waals surface area contributed by atoms with E-state index >= 15 is 0 Å². The summed E-state index contributed by atoms with van der Waals surface area (Å²) in [5.74, 6) is 0.818. The van der Waals surface area contributed by atoms with Gasteiger partial charge in [-0.25, -0.2) is 0 Å². The Hall–Kier alpha value is -0.370. The monoisotopic (exact) mass is 283 g/mol. The van der Waals surface area contributed by atoms with Crippen LogP contribution in [-0.4, -0.2) is 15.9 Å². The molecule has 2 atom stereocenters. The fraction of sp³-hybridized carbons (Fsp3) is 0.824. The number of hydrogen-bond acceptors (Lipinski definition) is 1. The highest BCUT2D eigenvalue weighted by molar-refractivity contribution is 7.80. The van der Waals surface area contributed by atoms with E-state index in [-0.39, 0.29) is 0 Å². The van der Waals surface area contributed by atoms with E-state index in [2.05, 4.69) is 32.3 Å². The second-order valence-electron chi connectivity index (χ2n) is 5.50. The molecule has 0 radical (unpaired) electrons. The van der Waals surface area contributed by atoms with Crippen LogP contribution in [0.5, 0.6) is 0 Å². The van der Waals surface area contributed by atoms with Gasteiger partial charge in [0.05, 0.1) is 4.99 Å². The van der Waals surface area contributed by atoms with E-state index in [4.69, 9.17) is 12.2 Å². The fourth-order valence-electron chi connectivity index (χ4n) is 2.55. The Kier molecular flexibility index (Phi) is 10.2. The second-order valence-corrected chi connectivity index (χ2v) is 5.97. The van der Waals surface area contributed by atoms with E-state index in [1.54, 1.807) is 0 Å². The Morgan fingerprint density at radius 2 is 2.05 bits per heavy atom. The van der Waals surface area contributed by atoms with Crippen LogP contribution in [0, 0.1) is 5.92 Å². The van der Waals surface area contributed by atoms with Crippen molar-refractivity contribution in [3.05, 3.63) is 12.3 Å². The Morgan fingerprint density at radius 1 is 1.42 bits per heavy atom. The molecule has 1 nitrogen and oxygen atoms in total. The quantitative estimate of drug-likeness (QED) is 0.532. The lowest BCUT2D eigenvalue weighted by molar-refractivity contribution is 0.395. The van der Waals surface area contributed by atoms with E-state index < -0.39 is 0 Å². The Morgan fingerprint density at radius 3 is 2.53 bits per heavy atom. The maximum absolute atomic E-state index is 5.41. The topological polar surface area (TPSA) is 3.24 Å². The minimum atomic E-state index is 0.570. The minimum Gasteiger partial charge on any atom is -0.338 e. The van der Waals surface area contributed by atoms with Crippen molar-refractivity contribution in [2.45, 2.75) is 85.6 Å². The molecule has 0 saturated carbocycles. The van der Waals surface area contributed by atoms with E-state index in [0.29, 0.717) is 6.04 Å². The lowest BCUT2D eigenvalue weighted by Gasteiger charge is -2.26. The van der Waals surface area contributed by atoms with Crippen LogP contribution in [0.15, 0.2) is 12.3 Å². The predicted molar refractivity (Wildman–Crippen MR) is 91.5 cm³/mol. The first-order chi connectivity index (χ1) is 9.06. The molecule has 0 spiro atoms. The Labute approximate surface area is 126 Å². The summed E-state index contributed by atoms with van der Waals surface area (Å²) in [6.07, 6.45) is 8.64. The molecule has 0 N–H and O–H groups in total. The molecule has 0 bridgehead atoms. The van der Waals surface area contributed by atoms with Crippen molar-refractivity contribution in [3.63, 3.8) is 0 Å². The summed E-state index contributed by atoms with van der Waals surface area (Å²) in [4.78, 5) is 3.39. The van der Waals surface area contributed by atoms with Crippen molar-refractivity contribution in [2.75, 3.05) is 0 Å². The van der Waals surface area contributed by atoms with Gasteiger partial charge in [-0.15, -0.1) is 0 Å². The first-order valence-corrected chi connectivity index (χ1v) is 8.46. The van der Waals surface area contributed by atoms with Crippen molar-refractivity contribution in [2.24, 2.45) is 5.92 Å². The molecule has 0 aromatic carbocycles. The summed E-state index contributed by atoms with van der Waals surface area (Å²) in [7, 11) is 0. The summed E-state index contributed by atoms with van der Waals surface area (Å²) in [5, 5.41) is 0. The number of nitrogens with zero attached hydrogens (tertiary/aromatic N) is 1. The number of allylic oxidation sites excluding steroid dienone is 1. The van der Waals surface area contributed by atoms with Gasteiger partial charge in [0.15, 0.2) is 0 Å². The van der Waals surface area contributed by atoms with Gasteiger partial charge >= 0.3 is 0 Å². The van der Waals surface area contributed by atoms with Gasteiger partial charge in [0, 0.05) is 18.2 Å². The zero-order valence-corrected chi connectivity index (χ0v) is 14.5. The van der Waals surface area contributed by atoms with Crippen molar-refractivity contribution < 1.29 is 0 Å². The highest BCUT2D eigenvalue weighted by atomic mass is 32.1. The third kappa shape index (κ3) is 6.56. The molecule has 1 heterocycles. The van der Waals surface area contributed by atoms with Crippen LogP contribution in [0.4, 0.5) is 0 Å². The van der Waals surface area contributed by atoms with Crippen LogP contribution in [0.1, 0.15) is 79.6 Å². The number of unbranched alkanes of at least 4 members (excludes halogenated alkanes) is 1. The molecular formula is C17H33NS. The molecule has 1 saturated heterocycles. The van der Waals surface area contributed by atoms with Gasteiger partial charge in [0.25, 0.3) is 0 Å². The van der Waals surface area contributed by atoms with Gasteiger partial charge in [-0.1, -0.05) is 65.8 Å². The van der Waals surface area contributed by atoms with Crippen LogP contribution in [0.25, 0.3) is 0 Å². The molecule has 0 aromatic heterocycles. The van der Waals surface area contributed by atoms with Crippen LogP contribution in [0.2, 0.25) is 0 Å². The van der Waals surface area contributed by atoms with Crippen molar-refractivity contribution >= 4 is 17.2 Å². The van der Waals surface area contributed by atoms with Crippen molar-refractivity contribution in [1.82, 2.24) is 4.90 Å². The molecule has 2 heteroatoms. The molecule has 0 aliphatic carbocycles. The van der Waals surface area contributed by atoms with Gasteiger partial charge in [-0.05, 0) is 32.1 Å². The zero-order valence-electron chi connectivity index (χ0n) is 13.7. The lowest BCUT2D eigenvalue weighted by atomic mass is 9.98. The highest BCUT2D eigenvalue weighted by Crippen LogP contribution is 2.27. The summed E-state index contributed by atoms with van der Waals surface area (Å²) in [5.41, 5.74) is 1.24. The first-order valence-electron chi connectivity index (χ1n) is 8.06. The number of likely N-dealkylation sites (tertiary alicyclic amines) is 1. The third-order valence-electron chi connectivity index (χ3n) is 3.80. The fourth-order valence-corrected chi connectivity index (χ4v) is 2.97. The molecule has 2 unspecified atom stereocenters. The average molecular weight is 284 g/mol. The Bertz CT molecular complexity index is 272.